The lowest BCUT2D eigenvalue weighted by atomic mass is 10.1. The Labute approximate surface area is 131 Å². The molecule has 0 atom stereocenters. The number of rotatable bonds is 2. The van der Waals surface area contributed by atoms with E-state index in [9.17, 15) is 0 Å². The number of nitrogens with zero attached hydrogens (tertiary/aromatic N) is 4. The standard InChI is InChI=1S/C17H25N5/c1-2-13-12-19-22-16(13)20-15-7-9-18-8-6-14(15)17(22)21-10-4-3-5-11-21/h12,18H,2-11H2,1H3. The predicted octanol–water partition coefficient (Wildman–Crippen LogP) is 1.97. The molecule has 0 aromatic carbocycles. The molecule has 2 aliphatic rings. The molecule has 0 bridgehead atoms. The van der Waals surface area contributed by atoms with Gasteiger partial charge < -0.3 is 10.2 Å². The van der Waals surface area contributed by atoms with Crippen LogP contribution in [0.4, 0.5) is 5.82 Å². The van der Waals surface area contributed by atoms with Crippen LogP contribution in [0.25, 0.3) is 5.65 Å². The molecule has 2 aromatic heterocycles. The molecule has 118 valence electrons. The van der Waals surface area contributed by atoms with Crippen molar-refractivity contribution in [3.63, 3.8) is 0 Å². The van der Waals surface area contributed by atoms with Gasteiger partial charge in [0.05, 0.1) is 11.9 Å². The first-order valence-corrected chi connectivity index (χ1v) is 8.72. The fourth-order valence-corrected chi connectivity index (χ4v) is 3.79. The molecule has 1 fully saturated rings. The minimum atomic E-state index is 0.993. The van der Waals surface area contributed by atoms with Crippen LogP contribution >= 0.6 is 0 Å². The molecule has 4 rings (SSSR count). The number of piperidine rings is 1. The Morgan fingerprint density at radius 1 is 1.14 bits per heavy atom. The molecule has 1 N–H and O–H groups in total. The van der Waals surface area contributed by atoms with E-state index in [-0.39, 0.29) is 0 Å². The van der Waals surface area contributed by atoms with Crippen LogP contribution in [0.3, 0.4) is 0 Å². The first-order valence-electron chi connectivity index (χ1n) is 8.72. The molecule has 0 amide bonds. The molecule has 5 nitrogen and oxygen atoms in total. The van der Waals surface area contributed by atoms with Crippen molar-refractivity contribution in [1.29, 1.82) is 0 Å². The third kappa shape index (κ3) is 2.28. The summed E-state index contributed by atoms with van der Waals surface area (Å²) in [7, 11) is 0. The van der Waals surface area contributed by atoms with E-state index in [0.717, 1.165) is 51.1 Å². The molecule has 2 aliphatic heterocycles. The lowest BCUT2D eigenvalue weighted by Gasteiger charge is -2.31. The molecule has 2 aromatic rings. The van der Waals surface area contributed by atoms with Crippen molar-refractivity contribution in [3.05, 3.63) is 23.0 Å². The van der Waals surface area contributed by atoms with E-state index in [0.29, 0.717) is 0 Å². The minimum absolute atomic E-state index is 0.993. The number of hydrogen-bond acceptors (Lipinski definition) is 4. The topological polar surface area (TPSA) is 45.5 Å². The maximum absolute atomic E-state index is 5.00. The van der Waals surface area contributed by atoms with Crippen LogP contribution in [0.15, 0.2) is 6.20 Å². The van der Waals surface area contributed by atoms with E-state index in [1.807, 2.05) is 6.20 Å². The fourth-order valence-electron chi connectivity index (χ4n) is 3.79. The molecule has 0 radical (unpaired) electrons. The zero-order chi connectivity index (χ0) is 14.9. The smallest absolute Gasteiger partial charge is 0.160 e. The van der Waals surface area contributed by atoms with Crippen LogP contribution in [-0.2, 0) is 19.3 Å². The van der Waals surface area contributed by atoms with Crippen molar-refractivity contribution in [2.24, 2.45) is 0 Å². The fraction of sp³-hybridized carbons (Fsp3) is 0.647. The molecule has 0 unspecified atom stereocenters. The van der Waals surface area contributed by atoms with Crippen molar-refractivity contribution in [2.75, 3.05) is 31.1 Å². The zero-order valence-corrected chi connectivity index (χ0v) is 13.4. The van der Waals surface area contributed by atoms with Gasteiger partial charge in [0.15, 0.2) is 5.65 Å². The van der Waals surface area contributed by atoms with Crippen molar-refractivity contribution in [2.45, 2.75) is 45.4 Å². The number of aryl methyl sites for hydroxylation is 1. The summed E-state index contributed by atoms with van der Waals surface area (Å²) >= 11 is 0. The van der Waals surface area contributed by atoms with Gasteiger partial charge in [0.1, 0.15) is 5.82 Å². The molecule has 0 aliphatic carbocycles. The van der Waals surface area contributed by atoms with Crippen LogP contribution in [-0.4, -0.2) is 40.8 Å². The van der Waals surface area contributed by atoms with Crippen LogP contribution in [0.1, 0.15) is 43.0 Å². The average molecular weight is 299 g/mol. The summed E-state index contributed by atoms with van der Waals surface area (Å²) in [6.07, 6.45) is 9.03. The summed E-state index contributed by atoms with van der Waals surface area (Å²) in [5.74, 6) is 1.32. The maximum Gasteiger partial charge on any atom is 0.160 e. The third-order valence-corrected chi connectivity index (χ3v) is 5.00. The van der Waals surface area contributed by atoms with Crippen molar-refractivity contribution in [3.8, 4) is 0 Å². The number of anilines is 1. The van der Waals surface area contributed by atoms with Gasteiger partial charge in [0.25, 0.3) is 0 Å². The largest absolute Gasteiger partial charge is 0.356 e. The van der Waals surface area contributed by atoms with Crippen LogP contribution in [0, 0.1) is 0 Å². The highest BCUT2D eigenvalue weighted by atomic mass is 15.3. The Kier molecular flexibility index (Phi) is 3.74. The van der Waals surface area contributed by atoms with Gasteiger partial charge in [-0.25, -0.2) is 4.98 Å². The predicted molar refractivity (Wildman–Crippen MR) is 88.7 cm³/mol. The first-order chi connectivity index (χ1) is 10.9. The Hall–Kier alpha value is -1.62. The summed E-state index contributed by atoms with van der Waals surface area (Å²) in [5.41, 5.74) is 5.04. The van der Waals surface area contributed by atoms with E-state index >= 15 is 0 Å². The zero-order valence-electron chi connectivity index (χ0n) is 13.4. The second kappa shape index (κ2) is 5.88. The van der Waals surface area contributed by atoms with Crippen LogP contribution in [0.5, 0.6) is 0 Å². The van der Waals surface area contributed by atoms with Gasteiger partial charge in [-0.3, -0.25) is 0 Å². The third-order valence-electron chi connectivity index (χ3n) is 5.00. The maximum atomic E-state index is 5.00. The van der Waals surface area contributed by atoms with Crippen molar-refractivity contribution >= 4 is 11.5 Å². The average Bonchev–Trinajstić information content (AvgIpc) is 2.82. The van der Waals surface area contributed by atoms with E-state index in [2.05, 4.69) is 21.7 Å². The number of hydrogen-bond donors (Lipinski definition) is 1. The summed E-state index contributed by atoms with van der Waals surface area (Å²) in [6.45, 7) is 6.57. The second-order valence-electron chi connectivity index (χ2n) is 6.42. The Bertz CT molecular complexity index is 669. The molecule has 22 heavy (non-hydrogen) atoms. The van der Waals surface area contributed by atoms with E-state index in [1.165, 1.54) is 41.9 Å². The molecule has 0 saturated carbocycles. The molecular weight excluding hydrogens is 274 g/mol. The highest BCUT2D eigenvalue weighted by molar-refractivity contribution is 5.60. The van der Waals surface area contributed by atoms with Gasteiger partial charge >= 0.3 is 0 Å². The van der Waals surface area contributed by atoms with E-state index in [4.69, 9.17) is 10.1 Å². The minimum Gasteiger partial charge on any atom is -0.356 e. The molecule has 4 heterocycles. The van der Waals surface area contributed by atoms with Crippen LogP contribution in [0.2, 0.25) is 0 Å². The van der Waals surface area contributed by atoms with Gasteiger partial charge in [0.2, 0.25) is 0 Å². The molecular formula is C17H25N5. The molecule has 5 heteroatoms. The highest BCUT2D eigenvalue weighted by Gasteiger charge is 2.24. The Balaban J connectivity index is 1.93. The van der Waals surface area contributed by atoms with Gasteiger partial charge in [-0.05, 0) is 38.6 Å². The Morgan fingerprint density at radius 2 is 1.95 bits per heavy atom. The first kappa shape index (κ1) is 14.0. The van der Waals surface area contributed by atoms with Crippen molar-refractivity contribution in [1.82, 2.24) is 19.9 Å². The number of aromatic nitrogens is 3. The van der Waals surface area contributed by atoms with Gasteiger partial charge in [0, 0.05) is 37.2 Å². The highest BCUT2D eigenvalue weighted by Crippen LogP contribution is 2.29. The monoisotopic (exact) mass is 299 g/mol. The quantitative estimate of drug-likeness (QED) is 0.921. The lowest BCUT2D eigenvalue weighted by molar-refractivity contribution is 0.565. The molecule has 0 spiro atoms. The summed E-state index contributed by atoms with van der Waals surface area (Å²) < 4.78 is 2.12. The molecule has 1 saturated heterocycles. The summed E-state index contributed by atoms with van der Waals surface area (Å²) in [5, 5.41) is 8.21. The summed E-state index contributed by atoms with van der Waals surface area (Å²) in [6, 6.07) is 0. The summed E-state index contributed by atoms with van der Waals surface area (Å²) in [4.78, 5) is 7.55. The number of fused-ring (bicyclic) bond motifs is 2. The van der Waals surface area contributed by atoms with Gasteiger partial charge in [-0.1, -0.05) is 6.92 Å². The van der Waals surface area contributed by atoms with Gasteiger partial charge in [-0.2, -0.15) is 9.61 Å². The Morgan fingerprint density at radius 3 is 2.77 bits per heavy atom. The van der Waals surface area contributed by atoms with Gasteiger partial charge in [-0.15, -0.1) is 0 Å². The lowest BCUT2D eigenvalue weighted by Crippen LogP contribution is -2.33. The van der Waals surface area contributed by atoms with E-state index < -0.39 is 0 Å². The van der Waals surface area contributed by atoms with E-state index in [1.54, 1.807) is 0 Å². The number of nitrogens with one attached hydrogen (secondary N) is 1. The normalized spacial score (nSPS) is 19.2. The SMILES string of the molecule is CCc1cnn2c(N3CCCCC3)c3c(nc12)CCNCC3. The second-order valence-corrected chi connectivity index (χ2v) is 6.42. The van der Waals surface area contributed by atoms with Crippen molar-refractivity contribution < 1.29 is 0 Å². The van der Waals surface area contributed by atoms with Crippen LogP contribution < -0.4 is 10.2 Å².